The van der Waals surface area contributed by atoms with Gasteiger partial charge in [-0.1, -0.05) is 54.6 Å². The van der Waals surface area contributed by atoms with E-state index in [0.717, 1.165) is 32.8 Å². The summed E-state index contributed by atoms with van der Waals surface area (Å²) in [5.41, 5.74) is 4.50. The van der Waals surface area contributed by atoms with E-state index < -0.39 is 0 Å². The number of rotatable bonds is 2. The van der Waals surface area contributed by atoms with Gasteiger partial charge in [0.1, 0.15) is 18.0 Å². The van der Waals surface area contributed by atoms with Gasteiger partial charge < -0.3 is 4.98 Å². The van der Waals surface area contributed by atoms with Crippen LogP contribution in [0.3, 0.4) is 0 Å². The number of para-hydroxylation sites is 1. The first kappa shape index (κ1) is 16.5. The van der Waals surface area contributed by atoms with Crippen LogP contribution in [0.1, 0.15) is 5.56 Å². The van der Waals surface area contributed by atoms with Gasteiger partial charge in [0.05, 0.1) is 11.4 Å². The van der Waals surface area contributed by atoms with Crippen molar-refractivity contribution in [2.45, 2.75) is 0 Å². The highest BCUT2D eigenvalue weighted by Gasteiger charge is 2.21. The number of hydrogen-bond donors (Lipinski definition) is 1. The number of fused-ring (bicyclic) bond motifs is 3. The van der Waals surface area contributed by atoms with Crippen molar-refractivity contribution >= 4 is 27.5 Å². The molecule has 6 rings (SSSR count). The number of nitriles is 1. The van der Waals surface area contributed by atoms with E-state index in [-0.39, 0.29) is 0 Å². The number of hydrogen-bond acceptors (Lipinski definition) is 4. The largest absolute Gasteiger partial charge is 0.360 e. The molecule has 0 saturated carbocycles. The van der Waals surface area contributed by atoms with E-state index >= 15 is 0 Å². The van der Waals surface area contributed by atoms with Crippen LogP contribution in [0.15, 0.2) is 79.3 Å². The van der Waals surface area contributed by atoms with E-state index in [1.54, 1.807) is 4.52 Å². The maximum Gasteiger partial charge on any atom is 0.253 e. The molecule has 0 aliphatic carbocycles. The second kappa shape index (κ2) is 6.26. The molecule has 0 radical (unpaired) electrons. The Bertz CT molecular complexity index is 1620. The van der Waals surface area contributed by atoms with Crippen molar-refractivity contribution in [3.05, 3.63) is 84.8 Å². The molecule has 140 valence electrons. The second-order valence-corrected chi connectivity index (χ2v) is 7.08. The molecule has 0 aliphatic rings. The van der Waals surface area contributed by atoms with E-state index in [0.29, 0.717) is 22.7 Å². The van der Waals surface area contributed by atoms with Crippen LogP contribution >= 0.6 is 0 Å². The van der Waals surface area contributed by atoms with Crippen molar-refractivity contribution in [3.8, 4) is 28.6 Å². The van der Waals surface area contributed by atoms with Crippen LogP contribution in [-0.4, -0.2) is 24.6 Å². The van der Waals surface area contributed by atoms with Crippen LogP contribution in [0.25, 0.3) is 50.0 Å². The summed E-state index contributed by atoms with van der Waals surface area (Å²) in [6.07, 6.45) is 3.36. The summed E-state index contributed by atoms with van der Waals surface area (Å²) in [5, 5.41) is 17.8. The van der Waals surface area contributed by atoms with E-state index in [1.807, 2.05) is 48.7 Å². The minimum atomic E-state index is 0.456. The molecule has 6 heteroatoms. The van der Waals surface area contributed by atoms with Gasteiger partial charge in [0.15, 0.2) is 0 Å². The van der Waals surface area contributed by atoms with Crippen molar-refractivity contribution in [2.24, 2.45) is 0 Å². The number of H-pyrrole nitrogens is 1. The van der Waals surface area contributed by atoms with Gasteiger partial charge in [-0.3, -0.25) is 0 Å². The first-order chi connectivity index (χ1) is 14.8. The van der Waals surface area contributed by atoms with Gasteiger partial charge in [-0.2, -0.15) is 19.9 Å². The van der Waals surface area contributed by atoms with E-state index in [2.05, 4.69) is 45.4 Å². The smallest absolute Gasteiger partial charge is 0.253 e. The predicted octanol–water partition coefficient (Wildman–Crippen LogP) is 4.96. The number of aromatic amines is 1. The molecular weight excluding hydrogens is 372 g/mol. The molecule has 30 heavy (non-hydrogen) atoms. The van der Waals surface area contributed by atoms with Crippen molar-refractivity contribution < 1.29 is 0 Å². The van der Waals surface area contributed by atoms with Gasteiger partial charge in [0.25, 0.3) is 5.78 Å². The molecular formula is C24H14N6. The first-order valence-corrected chi connectivity index (χ1v) is 9.53. The van der Waals surface area contributed by atoms with Crippen molar-refractivity contribution in [1.29, 1.82) is 5.26 Å². The average Bonchev–Trinajstić information content (AvgIpc) is 3.44. The highest BCUT2D eigenvalue weighted by Crippen LogP contribution is 2.35. The fourth-order valence-corrected chi connectivity index (χ4v) is 4.01. The molecule has 0 bridgehead atoms. The minimum Gasteiger partial charge on any atom is -0.360 e. The molecule has 0 spiro atoms. The lowest BCUT2D eigenvalue weighted by molar-refractivity contribution is 0.945. The molecule has 0 fully saturated rings. The topological polar surface area (TPSA) is 82.7 Å². The summed E-state index contributed by atoms with van der Waals surface area (Å²) >= 11 is 0. The lowest BCUT2D eigenvalue weighted by Crippen LogP contribution is -2.03. The third-order valence-corrected chi connectivity index (χ3v) is 5.41. The number of nitrogens with zero attached hydrogens (tertiary/aromatic N) is 5. The number of benzene rings is 3. The highest BCUT2D eigenvalue weighted by atomic mass is 15.3. The normalized spacial score (nSPS) is 11.3. The van der Waals surface area contributed by atoms with Gasteiger partial charge in [-0.15, -0.1) is 0 Å². The van der Waals surface area contributed by atoms with Crippen molar-refractivity contribution in [1.82, 2.24) is 24.6 Å². The monoisotopic (exact) mass is 386 g/mol. The van der Waals surface area contributed by atoms with Crippen molar-refractivity contribution in [2.75, 3.05) is 0 Å². The third-order valence-electron chi connectivity index (χ3n) is 5.41. The predicted molar refractivity (Wildman–Crippen MR) is 116 cm³/mol. The van der Waals surface area contributed by atoms with Crippen LogP contribution in [-0.2, 0) is 0 Å². The summed E-state index contributed by atoms with van der Waals surface area (Å²) in [5.74, 6) is 0.456. The molecule has 6 aromatic rings. The van der Waals surface area contributed by atoms with Gasteiger partial charge in [-0.25, -0.2) is 4.98 Å². The summed E-state index contributed by atoms with van der Waals surface area (Å²) < 4.78 is 1.64. The Hall–Kier alpha value is -4.50. The molecule has 1 N–H and O–H groups in total. The molecule has 0 aliphatic heterocycles. The van der Waals surface area contributed by atoms with Crippen LogP contribution < -0.4 is 0 Å². The Kier molecular flexibility index (Phi) is 3.43. The van der Waals surface area contributed by atoms with Gasteiger partial charge >= 0.3 is 0 Å². The molecule has 3 aromatic heterocycles. The number of nitrogens with one attached hydrogen (secondary N) is 1. The molecule has 3 aromatic carbocycles. The van der Waals surface area contributed by atoms with E-state index in [9.17, 15) is 5.26 Å². The molecule has 6 nitrogen and oxygen atoms in total. The summed E-state index contributed by atoms with van der Waals surface area (Å²) in [4.78, 5) is 12.3. The summed E-state index contributed by atoms with van der Waals surface area (Å²) in [6, 6.07) is 24.7. The summed E-state index contributed by atoms with van der Waals surface area (Å²) in [7, 11) is 0. The molecule has 0 amide bonds. The maximum atomic E-state index is 10.2. The standard InChI is InChI=1S/C24H14N6/c25-12-19-22(20-13-26-21-8-4-3-7-18(20)21)29-24-27-14-28-30(24)23(19)17-10-9-15-5-1-2-6-16(15)11-17/h1-11,13-14,26H. The Balaban J connectivity index is 1.71. The van der Waals surface area contributed by atoms with E-state index in [1.165, 1.54) is 6.33 Å². The Morgan fingerprint density at radius 2 is 1.77 bits per heavy atom. The quantitative estimate of drug-likeness (QED) is 0.456. The molecule has 0 unspecified atom stereocenters. The van der Waals surface area contributed by atoms with Crippen molar-refractivity contribution in [3.63, 3.8) is 0 Å². The third kappa shape index (κ3) is 2.33. The first-order valence-electron chi connectivity index (χ1n) is 9.53. The average molecular weight is 386 g/mol. The zero-order valence-corrected chi connectivity index (χ0v) is 15.7. The van der Waals surface area contributed by atoms with E-state index in [4.69, 9.17) is 4.98 Å². The zero-order chi connectivity index (χ0) is 20.1. The SMILES string of the molecule is N#Cc1c(-c2c[nH]c3ccccc23)nc2ncnn2c1-c1ccc2ccccc2c1. The van der Waals surface area contributed by atoms with Crippen LogP contribution in [0.5, 0.6) is 0 Å². The van der Waals surface area contributed by atoms with Gasteiger partial charge in [0.2, 0.25) is 0 Å². The zero-order valence-electron chi connectivity index (χ0n) is 15.7. The maximum absolute atomic E-state index is 10.2. The van der Waals surface area contributed by atoms with Crippen LogP contribution in [0.4, 0.5) is 0 Å². The van der Waals surface area contributed by atoms with Gasteiger partial charge in [-0.05, 0) is 22.9 Å². The Morgan fingerprint density at radius 1 is 0.933 bits per heavy atom. The van der Waals surface area contributed by atoms with Crippen LogP contribution in [0.2, 0.25) is 0 Å². The molecule has 0 atom stereocenters. The van der Waals surface area contributed by atoms with Crippen LogP contribution in [0, 0.1) is 11.3 Å². The summed E-state index contributed by atoms with van der Waals surface area (Å²) in [6.45, 7) is 0. The lowest BCUT2D eigenvalue weighted by Gasteiger charge is -2.11. The Labute approximate surface area is 171 Å². The number of aromatic nitrogens is 5. The Morgan fingerprint density at radius 3 is 2.67 bits per heavy atom. The van der Waals surface area contributed by atoms with Gasteiger partial charge in [0, 0.05) is 28.2 Å². The highest BCUT2D eigenvalue weighted by molar-refractivity contribution is 5.97. The second-order valence-electron chi connectivity index (χ2n) is 7.08. The molecule has 0 saturated heterocycles. The fraction of sp³-hybridized carbons (Fsp3) is 0. The fourth-order valence-electron chi connectivity index (χ4n) is 4.01. The minimum absolute atomic E-state index is 0.456. The molecule has 3 heterocycles. The lowest BCUT2D eigenvalue weighted by atomic mass is 9.98.